The monoisotopic (exact) mass is 348 g/mol. The molecular formula is C20H20N4O2. The Morgan fingerprint density at radius 3 is 2.46 bits per heavy atom. The van der Waals surface area contributed by atoms with Gasteiger partial charge in [0.15, 0.2) is 0 Å². The summed E-state index contributed by atoms with van der Waals surface area (Å²) in [5.74, 6) is -0.244. The zero-order valence-electron chi connectivity index (χ0n) is 14.6. The molecule has 1 aliphatic rings. The van der Waals surface area contributed by atoms with Crippen LogP contribution in [0.3, 0.4) is 0 Å². The number of aryl methyl sites for hydroxylation is 1. The van der Waals surface area contributed by atoms with E-state index in [1.54, 1.807) is 17.2 Å². The molecule has 3 aromatic rings. The average Bonchev–Trinajstić information content (AvgIpc) is 2.69. The van der Waals surface area contributed by atoms with Crippen molar-refractivity contribution in [2.75, 3.05) is 31.1 Å². The van der Waals surface area contributed by atoms with Crippen LogP contribution in [0.4, 0.5) is 5.69 Å². The number of rotatable bonds is 2. The zero-order valence-corrected chi connectivity index (χ0v) is 14.6. The predicted molar refractivity (Wildman–Crippen MR) is 101 cm³/mol. The maximum atomic E-state index is 12.8. The summed E-state index contributed by atoms with van der Waals surface area (Å²) >= 11 is 0. The first kappa shape index (κ1) is 16.3. The number of piperazine rings is 1. The second kappa shape index (κ2) is 6.63. The van der Waals surface area contributed by atoms with E-state index in [2.05, 4.69) is 22.0 Å². The summed E-state index contributed by atoms with van der Waals surface area (Å²) in [5.41, 5.74) is 2.46. The van der Waals surface area contributed by atoms with E-state index < -0.39 is 0 Å². The molecule has 0 saturated carbocycles. The Kier molecular flexibility index (Phi) is 4.16. The molecule has 0 radical (unpaired) electrons. The molecule has 0 atom stereocenters. The third kappa shape index (κ3) is 2.94. The molecule has 0 N–H and O–H groups in total. The summed E-state index contributed by atoms with van der Waals surface area (Å²) in [5, 5.41) is 0. The molecule has 1 aliphatic heterocycles. The smallest absolute Gasteiger partial charge is 0.270 e. The minimum Gasteiger partial charge on any atom is -0.368 e. The van der Waals surface area contributed by atoms with Gasteiger partial charge in [-0.3, -0.25) is 14.0 Å². The largest absolute Gasteiger partial charge is 0.368 e. The highest BCUT2D eigenvalue weighted by atomic mass is 16.2. The van der Waals surface area contributed by atoms with Crippen molar-refractivity contribution >= 4 is 17.2 Å². The highest BCUT2D eigenvalue weighted by Gasteiger charge is 2.24. The molecule has 1 amide bonds. The molecule has 0 bridgehead atoms. The fourth-order valence-electron chi connectivity index (χ4n) is 3.31. The summed E-state index contributed by atoms with van der Waals surface area (Å²) in [6.07, 6.45) is 3.12. The first-order valence-corrected chi connectivity index (χ1v) is 8.71. The lowest BCUT2D eigenvalue weighted by Crippen LogP contribution is -2.49. The van der Waals surface area contributed by atoms with Gasteiger partial charge in [-0.1, -0.05) is 24.3 Å². The van der Waals surface area contributed by atoms with Crippen LogP contribution in [0.25, 0.3) is 5.65 Å². The molecule has 6 nitrogen and oxygen atoms in total. The lowest BCUT2D eigenvalue weighted by atomic mass is 10.2. The molecular weight excluding hydrogens is 328 g/mol. The van der Waals surface area contributed by atoms with Gasteiger partial charge >= 0.3 is 0 Å². The first-order chi connectivity index (χ1) is 12.6. The number of carbonyl (C=O) groups is 1. The minimum absolute atomic E-state index is 0.126. The number of amides is 1. The molecule has 26 heavy (non-hydrogen) atoms. The van der Waals surface area contributed by atoms with Crippen LogP contribution in [-0.2, 0) is 0 Å². The number of fused-ring (bicyclic) bond motifs is 1. The van der Waals surface area contributed by atoms with Gasteiger partial charge in [0.1, 0.15) is 11.2 Å². The number of para-hydroxylation sites is 1. The van der Waals surface area contributed by atoms with Crippen molar-refractivity contribution in [3.05, 3.63) is 76.3 Å². The molecule has 1 saturated heterocycles. The summed E-state index contributed by atoms with van der Waals surface area (Å²) in [7, 11) is 0. The molecule has 4 rings (SSSR count). The van der Waals surface area contributed by atoms with Crippen LogP contribution in [0.2, 0.25) is 0 Å². The second-order valence-electron chi connectivity index (χ2n) is 6.53. The number of hydrogen-bond acceptors (Lipinski definition) is 4. The van der Waals surface area contributed by atoms with Crippen molar-refractivity contribution in [2.24, 2.45) is 0 Å². The predicted octanol–water partition coefficient (Wildman–Crippen LogP) is 1.97. The third-order valence-electron chi connectivity index (χ3n) is 4.77. The van der Waals surface area contributed by atoms with Crippen LogP contribution in [0.1, 0.15) is 15.9 Å². The Bertz CT molecular complexity index is 1010. The fourth-order valence-corrected chi connectivity index (χ4v) is 3.31. The lowest BCUT2D eigenvalue weighted by molar-refractivity contribution is 0.0744. The van der Waals surface area contributed by atoms with Crippen LogP contribution in [0.15, 0.2) is 59.7 Å². The minimum atomic E-state index is -0.311. The highest BCUT2D eigenvalue weighted by molar-refractivity contribution is 5.94. The highest BCUT2D eigenvalue weighted by Crippen LogP contribution is 2.16. The Morgan fingerprint density at radius 2 is 1.73 bits per heavy atom. The molecule has 6 heteroatoms. The van der Waals surface area contributed by atoms with Crippen molar-refractivity contribution in [1.29, 1.82) is 0 Å². The molecule has 1 fully saturated rings. The number of hydrogen-bond donors (Lipinski definition) is 0. The zero-order chi connectivity index (χ0) is 18.1. The Morgan fingerprint density at radius 1 is 1.00 bits per heavy atom. The Balaban J connectivity index is 1.55. The van der Waals surface area contributed by atoms with Crippen molar-refractivity contribution in [3.8, 4) is 0 Å². The molecule has 0 unspecified atom stereocenters. The van der Waals surface area contributed by atoms with Crippen LogP contribution in [-0.4, -0.2) is 46.4 Å². The van der Waals surface area contributed by atoms with Gasteiger partial charge < -0.3 is 9.80 Å². The summed E-state index contributed by atoms with van der Waals surface area (Å²) < 4.78 is 1.45. The second-order valence-corrected chi connectivity index (χ2v) is 6.53. The standard InChI is InChI=1S/C20H20N4O2/c1-15-7-8-18-21-13-17(20(26)24(18)14-15)19(25)23-11-9-22(10-12-23)16-5-3-2-4-6-16/h2-8,13-14H,9-12H2,1H3. The third-order valence-corrected chi connectivity index (χ3v) is 4.77. The van der Waals surface area contributed by atoms with Crippen LogP contribution in [0.5, 0.6) is 0 Å². The topological polar surface area (TPSA) is 57.9 Å². The van der Waals surface area contributed by atoms with E-state index in [-0.39, 0.29) is 17.0 Å². The fraction of sp³-hybridized carbons (Fsp3) is 0.250. The van der Waals surface area contributed by atoms with E-state index in [1.165, 1.54) is 10.6 Å². The summed E-state index contributed by atoms with van der Waals surface area (Å²) in [6, 6.07) is 13.8. The number of aromatic nitrogens is 2. The van der Waals surface area contributed by atoms with Gasteiger partial charge in [0.25, 0.3) is 11.5 Å². The molecule has 0 spiro atoms. The number of pyridine rings is 1. The van der Waals surface area contributed by atoms with E-state index >= 15 is 0 Å². The van der Waals surface area contributed by atoms with Crippen molar-refractivity contribution in [3.63, 3.8) is 0 Å². The molecule has 3 heterocycles. The maximum absolute atomic E-state index is 12.8. The van der Waals surface area contributed by atoms with Gasteiger partial charge in [0.2, 0.25) is 0 Å². The van der Waals surface area contributed by atoms with Crippen molar-refractivity contribution < 1.29 is 4.79 Å². The molecule has 132 valence electrons. The number of nitrogens with zero attached hydrogens (tertiary/aromatic N) is 4. The van der Waals surface area contributed by atoms with E-state index in [0.717, 1.165) is 24.3 Å². The van der Waals surface area contributed by atoms with E-state index in [0.29, 0.717) is 18.7 Å². The number of benzene rings is 1. The van der Waals surface area contributed by atoms with Crippen molar-refractivity contribution in [1.82, 2.24) is 14.3 Å². The molecule has 0 aliphatic carbocycles. The first-order valence-electron chi connectivity index (χ1n) is 8.71. The van der Waals surface area contributed by atoms with Crippen LogP contribution < -0.4 is 10.5 Å². The molecule has 1 aromatic carbocycles. The van der Waals surface area contributed by atoms with Gasteiger partial charge in [0, 0.05) is 44.3 Å². The van der Waals surface area contributed by atoms with Crippen LogP contribution >= 0.6 is 0 Å². The maximum Gasteiger partial charge on any atom is 0.270 e. The van der Waals surface area contributed by atoms with Crippen molar-refractivity contribution in [2.45, 2.75) is 6.92 Å². The molecule has 2 aromatic heterocycles. The van der Waals surface area contributed by atoms with E-state index in [1.807, 2.05) is 31.2 Å². The van der Waals surface area contributed by atoms with Gasteiger partial charge in [-0.15, -0.1) is 0 Å². The number of carbonyl (C=O) groups excluding carboxylic acids is 1. The Hall–Kier alpha value is -3.15. The average molecular weight is 348 g/mol. The summed E-state index contributed by atoms with van der Waals surface area (Å²) in [4.78, 5) is 33.8. The number of anilines is 1. The summed E-state index contributed by atoms with van der Waals surface area (Å²) in [6.45, 7) is 4.57. The van der Waals surface area contributed by atoms with E-state index in [9.17, 15) is 9.59 Å². The van der Waals surface area contributed by atoms with Gasteiger partial charge in [-0.2, -0.15) is 0 Å². The SMILES string of the molecule is Cc1ccc2ncc(C(=O)N3CCN(c4ccccc4)CC3)c(=O)n2c1. The normalized spacial score (nSPS) is 14.7. The van der Waals surface area contributed by atoms with E-state index in [4.69, 9.17) is 0 Å². The van der Waals surface area contributed by atoms with Gasteiger partial charge in [-0.25, -0.2) is 4.98 Å². The van der Waals surface area contributed by atoms with Gasteiger partial charge in [0.05, 0.1) is 0 Å². The van der Waals surface area contributed by atoms with Crippen LogP contribution in [0, 0.1) is 6.92 Å². The Labute approximate surface area is 151 Å². The van der Waals surface area contributed by atoms with Gasteiger partial charge in [-0.05, 0) is 30.7 Å². The lowest BCUT2D eigenvalue weighted by Gasteiger charge is -2.36. The quantitative estimate of drug-likeness (QED) is 0.710.